The van der Waals surface area contributed by atoms with E-state index in [2.05, 4.69) is 18.8 Å². The van der Waals surface area contributed by atoms with Crippen LogP contribution in [0.15, 0.2) is 30.6 Å². The molecule has 6 nitrogen and oxygen atoms in total. The molecular weight excluding hydrogens is 342 g/mol. The highest BCUT2D eigenvalue weighted by Gasteiger charge is 2.34. The van der Waals surface area contributed by atoms with Crippen LogP contribution in [-0.2, 0) is 13.0 Å². The Morgan fingerprint density at radius 1 is 1.26 bits per heavy atom. The number of hydrogen-bond acceptors (Lipinski definition) is 4. The third-order valence-electron chi connectivity index (χ3n) is 5.47. The van der Waals surface area contributed by atoms with E-state index in [0.29, 0.717) is 38.0 Å². The molecule has 4 rings (SSSR count). The summed E-state index contributed by atoms with van der Waals surface area (Å²) < 4.78 is 1.92. The van der Waals surface area contributed by atoms with Gasteiger partial charge in [0, 0.05) is 31.6 Å². The number of benzene rings is 1. The number of rotatable bonds is 3. The summed E-state index contributed by atoms with van der Waals surface area (Å²) in [6, 6.07) is 7.47. The lowest BCUT2D eigenvalue weighted by atomic mass is 9.77. The summed E-state index contributed by atoms with van der Waals surface area (Å²) in [5.41, 5.74) is 3.22. The molecule has 1 atom stereocenters. The molecule has 6 heteroatoms. The SMILES string of the molecule is CC1(C)CC(=O)c2c(ncn2Cc2ccc(C(=O)N3CC[C@@H](O)C3)cc2)C1. The molecular formula is C21H25N3O3. The Bertz CT molecular complexity index is 883. The minimum Gasteiger partial charge on any atom is -0.391 e. The summed E-state index contributed by atoms with van der Waals surface area (Å²) in [6.45, 7) is 5.76. The number of amides is 1. The molecule has 1 aromatic carbocycles. The molecule has 1 N–H and O–H groups in total. The van der Waals surface area contributed by atoms with Crippen molar-refractivity contribution in [2.75, 3.05) is 13.1 Å². The van der Waals surface area contributed by atoms with Crippen molar-refractivity contribution in [3.63, 3.8) is 0 Å². The van der Waals surface area contributed by atoms with Crippen molar-refractivity contribution in [2.24, 2.45) is 5.41 Å². The van der Waals surface area contributed by atoms with Crippen LogP contribution in [0, 0.1) is 5.41 Å². The number of ketones is 1. The van der Waals surface area contributed by atoms with Gasteiger partial charge in [-0.05, 0) is 36.0 Å². The van der Waals surface area contributed by atoms with Crippen LogP contribution in [0.5, 0.6) is 0 Å². The summed E-state index contributed by atoms with van der Waals surface area (Å²) in [5, 5.41) is 9.60. The Morgan fingerprint density at radius 3 is 2.67 bits per heavy atom. The number of β-amino-alcohol motifs (C(OH)–C–C–N with tert-alkyl or cyclic N) is 1. The topological polar surface area (TPSA) is 75.4 Å². The van der Waals surface area contributed by atoms with Gasteiger partial charge in [-0.3, -0.25) is 9.59 Å². The first kappa shape index (κ1) is 17.9. The van der Waals surface area contributed by atoms with Crippen LogP contribution < -0.4 is 0 Å². The first-order valence-electron chi connectivity index (χ1n) is 9.46. The van der Waals surface area contributed by atoms with Gasteiger partial charge in [0.15, 0.2) is 5.78 Å². The second kappa shape index (κ2) is 6.60. The van der Waals surface area contributed by atoms with E-state index in [1.165, 1.54) is 0 Å². The molecule has 0 bridgehead atoms. The molecule has 2 aliphatic rings. The van der Waals surface area contributed by atoms with Crippen LogP contribution in [0.25, 0.3) is 0 Å². The van der Waals surface area contributed by atoms with E-state index in [-0.39, 0.29) is 17.1 Å². The third-order valence-corrected chi connectivity index (χ3v) is 5.47. The van der Waals surface area contributed by atoms with Crippen molar-refractivity contribution < 1.29 is 14.7 Å². The van der Waals surface area contributed by atoms with Crippen LogP contribution in [-0.4, -0.2) is 50.4 Å². The summed E-state index contributed by atoms with van der Waals surface area (Å²) in [6.07, 6.45) is 3.33. The number of nitrogens with zero attached hydrogens (tertiary/aromatic N) is 3. The standard InChI is InChI=1S/C21H25N3O3/c1-21(2)9-17-19(18(26)10-21)24(13-22-17)11-14-3-5-15(6-4-14)20(27)23-8-7-16(25)12-23/h3-6,13,16,25H,7-12H2,1-2H3/t16-/m1/s1. The second-order valence-corrected chi connectivity index (χ2v) is 8.50. The van der Waals surface area contributed by atoms with Gasteiger partial charge in [0.2, 0.25) is 0 Å². The first-order valence-corrected chi connectivity index (χ1v) is 9.46. The fraction of sp³-hybridized carbons (Fsp3) is 0.476. The average molecular weight is 367 g/mol. The molecule has 1 aromatic heterocycles. The molecule has 1 saturated heterocycles. The fourth-order valence-corrected chi connectivity index (χ4v) is 4.09. The lowest BCUT2D eigenvalue weighted by molar-refractivity contribution is 0.0764. The van der Waals surface area contributed by atoms with E-state index < -0.39 is 6.10 Å². The zero-order chi connectivity index (χ0) is 19.2. The average Bonchev–Trinajstić information content (AvgIpc) is 3.20. The number of likely N-dealkylation sites (tertiary alicyclic amines) is 1. The quantitative estimate of drug-likeness (QED) is 0.903. The predicted molar refractivity (Wildman–Crippen MR) is 101 cm³/mol. The molecule has 0 radical (unpaired) electrons. The smallest absolute Gasteiger partial charge is 0.253 e. The van der Waals surface area contributed by atoms with Gasteiger partial charge in [-0.2, -0.15) is 0 Å². The number of aromatic nitrogens is 2. The van der Waals surface area contributed by atoms with Crippen molar-refractivity contribution in [3.8, 4) is 0 Å². The number of fused-ring (bicyclic) bond motifs is 1. The molecule has 2 heterocycles. The molecule has 0 spiro atoms. The van der Waals surface area contributed by atoms with Gasteiger partial charge in [-0.25, -0.2) is 4.98 Å². The summed E-state index contributed by atoms with van der Waals surface area (Å²) in [5.74, 6) is 0.105. The lowest BCUT2D eigenvalue weighted by Gasteiger charge is -2.28. The van der Waals surface area contributed by atoms with Gasteiger partial charge in [-0.15, -0.1) is 0 Å². The fourth-order valence-electron chi connectivity index (χ4n) is 4.09. The molecule has 27 heavy (non-hydrogen) atoms. The van der Waals surface area contributed by atoms with Gasteiger partial charge >= 0.3 is 0 Å². The minimum atomic E-state index is -0.414. The summed E-state index contributed by atoms with van der Waals surface area (Å²) in [7, 11) is 0. The zero-order valence-corrected chi connectivity index (χ0v) is 15.8. The van der Waals surface area contributed by atoms with Crippen molar-refractivity contribution in [1.29, 1.82) is 0 Å². The van der Waals surface area contributed by atoms with Crippen LogP contribution >= 0.6 is 0 Å². The third kappa shape index (κ3) is 3.54. The molecule has 1 aliphatic heterocycles. The Morgan fingerprint density at radius 2 is 2.00 bits per heavy atom. The summed E-state index contributed by atoms with van der Waals surface area (Å²) >= 11 is 0. The Balaban J connectivity index is 1.49. The molecule has 1 fully saturated rings. The zero-order valence-electron chi connectivity index (χ0n) is 15.8. The summed E-state index contributed by atoms with van der Waals surface area (Å²) in [4.78, 5) is 31.2. The van der Waals surface area contributed by atoms with Crippen LogP contribution in [0.4, 0.5) is 0 Å². The molecule has 1 aliphatic carbocycles. The number of hydrogen-bond donors (Lipinski definition) is 1. The van der Waals surface area contributed by atoms with Crippen molar-refractivity contribution in [1.82, 2.24) is 14.5 Å². The molecule has 0 unspecified atom stereocenters. The van der Waals surface area contributed by atoms with Crippen LogP contribution in [0.1, 0.15) is 58.8 Å². The van der Waals surface area contributed by atoms with Gasteiger partial charge in [-0.1, -0.05) is 26.0 Å². The van der Waals surface area contributed by atoms with Crippen molar-refractivity contribution >= 4 is 11.7 Å². The predicted octanol–water partition coefficient (Wildman–Crippen LogP) is 2.29. The highest BCUT2D eigenvalue weighted by atomic mass is 16.3. The highest BCUT2D eigenvalue weighted by Crippen LogP contribution is 2.34. The van der Waals surface area contributed by atoms with E-state index in [0.717, 1.165) is 23.4 Å². The van der Waals surface area contributed by atoms with Gasteiger partial charge < -0.3 is 14.6 Å². The van der Waals surface area contributed by atoms with Crippen molar-refractivity contribution in [3.05, 3.63) is 53.1 Å². The lowest BCUT2D eigenvalue weighted by Crippen LogP contribution is -2.29. The van der Waals surface area contributed by atoms with E-state index in [9.17, 15) is 14.7 Å². The van der Waals surface area contributed by atoms with Gasteiger partial charge in [0.1, 0.15) is 5.69 Å². The Hall–Kier alpha value is -2.47. The van der Waals surface area contributed by atoms with E-state index in [1.807, 2.05) is 28.8 Å². The maximum atomic E-state index is 12.6. The number of imidazole rings is 1. The second-order valence-electron chi connectivity index (χ2n) is 8.50. The van der Waals surface area contributed by atoms with Crippen LogP contribution in [0.2, 0.25) is 0 Å². The maximum Gasteiger partial charge on any atom is 0.253 e. The van der Waals surface area contributed by atoms with Gasteiger partial charge in [0.25, 0.3) is 5.91 Å². The largest absolute Gasteiger partial charge is 0.391 e. The van der Waals surface area contributed by atoms with E-state index in [4.69, 9.17) is 0 Å². The maximum absolute atomic E-state index is 12.6. The molecule has 2 aromatic rings. The highest BCUT2D eigenvalue weighted by molar-refractivity contribution is 5.97. The normalized spacial score (nSPS) is 21.4. The first-order chi connectivity index (χ1) is 12.8. The molecule has 142 valence electrons. The minimum absolute atomic E-state index is 0.0333. The van der Waals surface area contributed by atoms with Gasteiger partial charge in [0.05, 0.1) is 18.1 Å². The number of carbonyl (C=O) groups excluding carboxylic acids is 2. The van der Waals surface area contributed by atoms with Crippen molar-refractivity contribution in [2.45, 2.75) is 45.8 Å². The number of aliphatic hydroxyl groups excluding tert-OH is 1. The molecule has 0 saturated carbocycles. The number of carbonyl (C=O) groups is 2. The number of Topliss-reactive ketones (excluding diaryl/α,β-unsaturated/α-hetero) is 1. The Kier molecular flexibility index (Phi) is 4.38. The monoisotopic (exact) mass is 367 g/mol. The van der Waals surface area contributed by atoms with E-state index in [1.54, 1.807) is 11.2 Å². The molecule has 1 amide bonds. The van der Waals surface area contributed by atoms with Crippen LogP contribution in [0.3, 0.4) is 0 Å². The number of aliphatic hydroxyl groups is 1. The van der Waals surface area contributed by atoms with E-state index >= 15 is 0 Å². The Labute approximate surface area is 158 Å².